The summed E-state index contributed by atoms with van der Waals surface area (Å²) >= 11 is 1.27. The Hall–Kier alpha value is -2.68. The van der Waals surface area contributed by atoms with E-state index in [0.717, 1.165) is 53.8 Å². The maximum Gasteiger partial charge on any atom is 0.324 e. The maximum absolute atomic E-state index is 12.8. The van der Waals surface area contributed by atoms with Gasteiger partial charge < -0.3 is 10.8 Å². The lowest BCUT2D eigenvalue weighted by Gasteiger charge is -2.17. The molecular formula is C19H24N6O2S. The molecule has 9 heteroatoms. The fourth-order valence-electron chi connectivity index (χ4n) is 3.84. The molecule has 1 fully saturated rings. The standard InChI is InChI=1S/C19H24N6O2S/c1-4-13-11(2)15-16(20)17(28-19(15)21-12(13)3)18(26)22-14-10-25(23-27-14)24-8-6-5-7-9-24/h10H,4-9H2,1-3H3,(H2-,20,22,23,26). The number of rotatable bonds is 4. The van der Waals surface area contributed by atoms with Gasteiger partial charge in [0.15, 0.2) is 0 Å². The molecule has 0 atom stereocenters. The molecule has 0 bridgehead atoms. The average molecular weight is 401 g/mol. The van der Waals surface area contributed by atoms with Crippen molar-refractivity contribution < 1.29 is 14.4 Å². The van der Waals surface area contributed by atoms with Crippen molar-refractivity contribution in [3.05, 3.63) is 27.9 Å². The Labute approximate surface area is 167 Å². The van der Waals surface area contributed by atoms with Gasteiger partial charge in [0, 0.05) is 17.0 Å². The first-order valence-corrected chi connectivity index (χ1v) is 10.4. The lowest BCUT2D eigenvalue weighted by molar-refractivity contribution is -0.759. The van der Waals surface area contributed by atoms with E-state index in [9.17, 15) is 5.11 Å². The number of hydrogen-bond acceptors (Lipinski definition) is 8. The molecule has 4 heterocycles. The van der Waals surface area contributed by atoms with E-state index in [0.29, 0.717) is 10.6 Å². The monoisotopic (exact) mass is 400 g/mol. The molecule has 0 amide bonds. The lowest BCUT2D eigenvalue weighted by atomic mass is 10.0. The van der Waals surface area contributed by atoms with Gasteiger partial charge in [0.2, 0.25) is 5.27 Å². The van der Waals surface area contributed by atoms with Crippen molar-refractivity contribution >= 4 is 39.0 Å². The van der Waals surface area contributed by atoms with Crippen LogP contribution in [0.5, 0.6) is 0 Å². The summed E-state index contributed by atoms with van der Waals surface area (Å²) in [5.74, 6) is -0.264. The zero-order valence-electron chi connectivity index (χ0n) is 16.4. The minimum Gasteiger partial charge on any atom is -0.857 e. The normalized spacial score (nSPS) is 15.5. The van der Waals surface area contributed by atoms with Crippen LogP contribution in [0.4, 0.5) is 11.6 Å². The summed E-state index contributed by atoms with van der Waals surface area (Å²) in [5.41, 5.74) is 9.99. The number of nitrogens with zero attached hydrogens (tertiary/aromatic N) is 5. The molecule has 0 aliphatic carbocycles. The van der Waals surface area contributed by atoms with Crippen molar-refractivity contribution in [3.8, 4) is 0 Å². The topological polar surface area (TPSA) is 107 Å². The van der Waals surface area contributed by atoms with Crippen molar-refractivity contribution in [1.82, 2.24) is 10.3 Å². The minimum atomic E-state index is -0.433. The number of nitrogens with two attached hydrogens (primary N) is 1. The molecule has 4 rings (SSSR count). The van der Waals surface area contributed by atoms with Crippen molar-refractivity contribution in [2.75, 3.05) is 23.8 Å². The fraction of sp³-hybridized carbons (Fsp3) is 0.474. The quantitative estimate of drug-likeness (QED) is 0.407. The number of aromatic nitrogens is 3. The van der Waals surface area contributed by atoms with Gasteiger partial charge in [0.05, 0.1) is 28.4 Å². The number of aliphatic imine (C=N–C) groups is 1. The van der Waals surface area contributed by atoms with Crippen molar-refractivity contribution in [2.24, 2.45) is 4.99 Å². The number of piperidine rings is 1. The number of nitrogen functional groups attached to an aromatic ring is 1. The van der Waals surface area contributed by atoms with Crippen LogP contribution in [0.25, 0.3) is 10.2 Å². The summed E-state index contributed by atoms with van der Waals surface area (Å²) in [7, 11) is 0. The molecule has 3 aromatic heterocycles. The van der Waals surface area contributed by atoms with Gasteiger partial charge in [-0.2, -0.15) is 5.01 Å². The SMILES string of the molecule is CCc1c(C)nc2sc(/C([O-])=N/c3c[n+](N4CCCCC4)no3)c(N)c2c1C. The van der Waals surface area contributed by atoms with E-state index >= 15 is 0 Å². The van der Waals surface area contributed by atoms with E-state index in [2.05, 4.69) is 27.2 Å². The number of pyridine rings is 1. The number of aryl methyl sites for hydroxylation is 2. The Morgan fingerprint density at radius 1 is 1.36 bits per heavy atom. The molecule has 8 nitrogen and oxygen atoms in total. The predicted molar refractivity (Wildman–Crippen MR) is 108 cm³/mol. The molecule has 0 aromatic carbocycles. The second kappa shape index (κ2) is 7.38. The van der Waals surface area contributed by atoms with Gasteiger partial charge in [-0.25, -0.2) is 9.98 Å². The molecule has 148 valence electrons. The van der Waals surface area contributed by atoms with E-state index < -0.39 is 5.90 Å². The summed E-state index contributed by atoms with van der Waals surface area (Å²) in [5, 5.41) is 19.7. The Kier molecular flexibility index (Phi) is 4.92. The zero-order chi connectivity index (χ0) is 19.8. The van der Waals surface area contributed by atoms with Crippen molar-refractivity contribution in [1.29, 1.82) is 0 Å². The summed E-state index contributed by atoms with van der Waals surface area (Å²) in [6.07, 6.45) is 5.97. The predicted octanol–water partition coefficient (Wildman–Crippen LogP) is 1.89. The molecule has 1 aliphatic rings. The van der Waals surface area contributed by atoms with Crippen molar-refractivity contribution in [2.45, 2.75) is 46.5 Å². The molecule has 0 saturated carbocycles. The van der Waals surface area contributed by atoms with Crippen molar-refractivity contribution in [3.63, 3.8) is 0 Å². The molecule has 28 heavy (non-hydrogen) atoms. The summed E-state index contributed by atoms with van der Waals surface area (Å²) < 4.78 is 5.24. The fourth-order valence-corrected chi connectivity index (χ4v) is 4.93. The lowest BCUT2D eigenvalue weighted by Crippen LogP contribution is -2.60. The van der Waals surface area contributed by atoms with Gasteiger partial charge in [-0.05, 0) is 50.7 Å². The third-order valence-electron chi connectivity index (χ3n) is 5.29. The Morgan fingerprint density at radius 3 is 2.82 bits per heavy atom. The molecule has 1 saturated heterocycles. The van der Waals surface area contributed by atoms with E-state index in [1.807, 2.05) is 13.8 Å². The van der Waals surface area contributed by atoms with E-state index in [4.69, 9.17) is 10.3 Å². The highest BCUT2D eigenvalue weighted by molar-refractivity contribution is 7.21. The van der Waals surface area contributed by atoms with Crippen LogP contribution in [-0.4, -0.2) is 29.2 Å². The largest absolute Gasteiger partial charge is 0.857 e. The van der Waals surface area contributed by atoms with Gasteiger partial charge >= 0.3 is 5.88 Å². The number of anilines is 1. The van der Waals surface area contributed by atoms with Crippen LogP contribution in [0.2, 0.25) is 0 Å². The van der Waals surface area contributed by atoms with Crippen LogP contribution in [-0.2, 0) is 6.42 Å². The van der Waals surface area contributed by atoms with Gasteiger partial charge in [-0.3, -0.25) is 4.52 Å². The second-order valence-electron chi connectivity index (χ2n) is 7.07. The molecule has 1 aliphatic heterocycles. The average Bonchev–Trinajstić information content (AvgIpc) is 3.27. The van der Waals surface area contributed by atoms with Crippen LogP contribution in [0.15, 0.2) is 15.7 Å². The molecule has 3 aromatic rings. The highest BCUT2D eigenvalue weighted by Crippen LogP contribution is 2.37. The second-order valence-corrected chi connectivity index (χ2v) is 8.07. The third kappa shape index (κ3) is 3.19. The summed E-state index contributed by atoms with van der Waals surface area (Å²) in [6.45, 7) is 7.94. The first-order valence-electron chi connectivity index (χ1n) is 9.57. The number of fused-ring (bicyclic) bond motifs is 1. The van der Waals surface area contributed by atoms with Gasteiger partial charge in [-0.1, -0.05) is 6.92 Å². The smallest absolute Gasteiger partial charge is 0.324 e. The zero-order valence-corrected chi connectivity index (χ0v) is 17.2. The first-order chi connectivity index (χ1) is 13.5. The Balaban J connectivity index is 1.69. The highest BCUT2D eigenvalue weighted by Gasteiger charge is 2.23. The summed E-state index contributed by atoms with van der Waals surface area (Å²) in [4.78, 5) is 11.5. The van der Waals surface area contributed by atoms with Crippen LogP contribution >= 0.6 is 11.3 Å². The van der Waals surface area contributed by atoms with Crippen LogP contribution in [0, 0.1) is 13.8 Å². The minimum absolute atomic E-state index is 0.169. The Bertz CT molecular complexity index is 1050. The maximum atomic E-state index is 12.8. The van der Waals surface area contributed by atoms with E-state index in [-0.39, 0.29) is 5.88 Å². The molecule has 0 unspecified atom stereocenters. The van der Waals surface area contributed by atoms with E-state index in [1.54, 1.807) is 11.0 Å². The molecular weight excluding hydrogens is 376 g/mol. The highest BCUT2D eigenvalue weighted by atomic mass is 32.1. The Morgan fingerprint density at radius 2 is 2.11 bits per heavy atom. The van der Waals surface area contributed by atoms with Gasteiger partial charge in [0.1, 0.15) is 4.83 Å². The molecule has 0 spiro atoms. The third-order valence-corrected chi connectivity index (χ3v) is 6.37. The van der Waals surface area contributed by atoms with Gasteiger partial charge in [0.25, 0.3) is 6.20 Å². The van der Waals surface area contributed by atoms with Crippen LogP contribution in [0.3, 0.4) is 0 Å². The number of hydrogen-bond donors (Lipinski definition) is 1. The number of thiophene rings is 1. The first kappa shape index (κ1) is 18.7. The molecule has 0 radical (unpaired) electrons. The van der Waals surface area contributed by atoms with Crippen LogP contribution in [0.1, 0.15) is 47.9 Å². The van der Waals surface area contributed by atoms with E-state index in [1.165, 1.54) is 23.3 Å². The summed E-state index contributed by atoms with van der Waals surface area (Å²) in [6, 6.07) is 0. The van der Waals surface area contributed by atoms with Gasteiger partial charge in [-0.15, -0.1) is 11.3 Å². The molecule has 2 N–H and O–H groups in total. The van der Waals surface area contributed by atoms with Crippen LogP contribution < -0.4 is 20.6 Å².